The van der Waals surface area contributed by atoms with Crippen LogP contribution in [0.4, 0.5) is 5.69 Å². The van der Waals surface area contributed by atoms with Gasteiger partial charge in [-0.25, -0.2) is 0 Å². The van der Waals surface area contributed by atoms with Crippen molar-refractivity contribution >= 4 is 22.4 Å². The summed E-state index contributed by atoms with van der Waals surface area (Å²) in [6, 6.07) is 5.40. The minimum absolute atomic E-state index is 0.00185. The zero-order chi connectivity index (χ0) is 11.7. The first-order valence-corrected chi connectivity index (χ1v) is 4.44. The van der Waals surface area contributed by atoms with Gasteiger partial charge in [0.1, 0.15) is 12.2 Å². The van der Waals surface area contributed by atoms with Crippen molar-refractivity contribution in [3.8, 4) is 0 Å². The topological polar surface area (TPSA) is 93.6 Å². The van der Waals surface area contributed by atoms with Gasteiger partial charge in [-0.2, -0.15) is 0 Å². The molecule has 0 amide bonds. The van der Waals surface area contributed by atoms with E-state index in [-0.39, 0.29) is 11.4 Å². The zero-order valence-electron chi connectivity index (χ0n) is 8.04. The van der Waals surface area contributed by atoms with Crippen molar-refractivity contribution < 1.29 is 19.2 Å². The molecule has 1 aromatic heterocycles. The Hall–Kier alpha value is -2.21. The van der Waals surface area contributed by atoms with E-state index in [9.17, 15) is 14.9 Å². The Kier molecular flexibility index (Phi) is 2.41. The van der Waals surface area contributed by atoms with Crippen LogP contribution in [0, 0.1) is 10.1 Å². The number of ketones is 1. The Labute approximate surface area is 89.2 Å². The van der Waals surface area contributed by atoms with Crippen LogP contribution >= 0.6 is 0 Å². The molecule has 0 saturated heterocycles. The molecule has 0 atom stereocenters. The highest BCUT2D eigenvalue weighted by Crippen LogP contribution is 2.24. The Morgan fingerprint density at radius 2 is 2.19 bits per heavy atom. The van der Waals surface area contributed by atoms with E-state index in [0.29, 0.717) is 11.0 Å². The SMILES string of the molecule is O=C(CO)c1cc2cc([N+](=O)[O-])ccc2o1. The van der Waals surface area contributed by atoms with E-state index in [1.165, 1.54) is 24.3 Å². The molecule has 2 rings (SSSR count). The summed E-state index contributed by atoms with van der Waals surface area (Å²) in [5.41, 5.74) is 0.304. The molecule has 6 nitrogen and oxygen atoms in total. The lowest BCUT2D eigenvalue weighted by Gasteiger charge is -1.89. The number of nitro benzene ring substituents is 1. The van der Waals surface area contributed by atoms with Crippen LogP contribution in [0.5, 0.6) is 0 Å². The Bertz CT molecular complexity index is 572. The highest BCUT2D eigenvalue weighted by molar-refractivity contribution is 5.98. The molecule has 0 saturated carbocycles. The average Bonchev–Trinajstić information content (AvgIpc) is 2.70. The van der Waals surface area contributed by atoms with Gasteiger partial charge in [0.15, 0.2) is 5.76 Å². The fourth-order valence-electron chi connectivity index (χ4n) is 1.36. The average molecular weight is 221 g/mol. The first kappa shape index (κ1) is 10.3. The van der Waals surface area contributed by atoms with Crippen LogP contribution in [-0.4, -0.2) is 22.4 Å². The molecule has 0 bridgehead atoms. The molecule has 82 valence electrons. The molecule has 1 aromatic carbocycles. The van der Waals surface area contributed by atoms with Gasteiger partial charge in [0.2, 0.25) is 5.78 Å². The third-order valence-corrected chi connectivity index (χ3v) is 2.13. The minimum atomic E-state index is -0.651. The second kappa shape index (κ2) is 3.74. The molecule has 1 heterocycles. The second-order valence-electron chi connectivity index (χ2n) is 3.17. The molecule has 1 N–H and O–H groups in total. The summed E-state index contributed by atoms with van der Waals surface area (Å²) >= 11 is 0. The lowest BCUT2D eigenvalue weighted by molar-refractivity contribution is -0.384. The minimum Gasteiger partial charge on any atom is -0.453 e. The maximum atomic E-state index is 11.1. The number of Topliss-reactive ketones (excluding diaryl/α,β-unsaturated/α-hetero) is 1. The third-order valence-electron chi connectivity index (χ3n) is 2.13. The van der Waals surface area contributed by atoms with E-state index in [4.69, 9.17) is 9.52 Å². The summed E-state index contributed by atoms with van der Waals surface area (Å²) in [6.45, 7) is -0.651. The first-order valence-electron chi connectivity index (χ1n) is 4.44. The number of non-ortho nitro benzene ring substituents is 1. The van der Waals surface area contributed by atoms with Crippen LogP contribution < -0.4 is 0 Å². The van der Waals surface area contributed by atoms with E-state index in [0.717, 1.165) is 0 Å². The van der Waals surface area contributed by atoms with Crippen molar-refractivity contribution in [1.29, 1.82) is 0 Å². The predicted molar refractivity (Wildman–Crippen MR) is 54.3 cm³/mol. The van der Waals surface area contributed by atoms with Crippen molar-refractivity contribution in [3.63, 3.8) is 0 Å². The van der Waals surface area contributed by atoms with Gasteiger partial charge in [0.25, 0.3) is 5.69 Å². The maximum Gasteiger partial charge on any atom is 0.270 e. The number of aliphatic hydroxyl groups excluding tert-OH is 1. The van der Waals surface area contributed by atoms with E-state index < -0.39 is 17.3 Å². The van der Waals surface area contributed by atoms with Gasteiger partial charge in [0.05, 0.1) is 4.92 Å². The van der Waals surface area contributed by atoms with Gasteiger partial charge in [-0.05, 0) is 12.1 Å². The monoisotopic (exact) mass is 221 g/mol. The van der Waals surface area contributed by atoms with Crippen LogP contribution in [0.1, 0.15) is 10.6 Å². The molecular formula is C10H7NO5. The Balaban J connectivity index is 2.54. The number of nitrogens with zero attached hydrogens (tertiary/aromatic N) is 1. The second-order valence-corrected chi connectivity index (χ2v) is 3.17. The molecule has 2 aromatic rings. The van der Waals surface area contributed by atoms with Crippen molar-refractivity contribution in [1.82, 2.24) is 0 Å². The van der Waals surface area contributed by atoms with Crippen molar-refractivity contribution in [2.45, 2.75) is 0 Å². The standard InChI is InChI=1S/C10H7NO5/c12-5-8(13)10-4-6-3-7(11(14)15)1-2-9(6)16-10/h1-4,12H,5H2. The number of fused-ring (bicyclic) bond motifs is 1. The molecule has 6 heteroatoms. The first-order chi connectivity index (χ1) is 7.61. The van der Waals surface area contributed by atoms with Crippen LogP contribution in [0.25, 0.3) is 11.0 Å². The lowest BCUT2D eigenvalue weighted by Crippen LogP contribution is -2.01. The van der Waals surface area contributed by atoms with Crippen molar-refractivity contribution in [2.75, 3.05) is 6.61 Å². The fourth-order valence-corrected chi connectivity index (χ4v) is 1.36. The van der Waals surface area contributed by atoms with E-state index in [2.05, 4.69) is 0 Å². The van der Waals surface area contributed by atoms with Gasteiger partial charge in [-0.1, -0.05) is 0 Å². The molecule has 0 unspecified atom stereocenters. The zero-order valence-corrected chi connectivity index (χ0v) is 8.04. The lowest BCUT2D eigenvalue weighted by atomic mass is 10.2. The summed E-state index contributed by atoms with van der Waals surface area (Å²) in [4.78, 5) is 21.1. The van der Waals surface area contributed by atoms with Crippen LogP contribution in [0.3, 0.4) is 0 Å². The quantitative estimate of drug-likeness (QED) is 0.481. The smallest absolute Gasteiger partial charge is 0.270 e. The summed E-state index contributed by atoms with van der Waals surface area (Å²) in [6.07, 6.45) is 0. The molecule has 0 spiro atoms. The molecular weight excluding hydrogens is 214 g/mol. The molecule has 0 aliphatic heterocycles. The summed E-state index contributed by atoms with van der Waals surface area (Å²) in [5, 5.41) is 19.6. The maximum absolute atomic E-state index is 11.1. The Morgan fingerprint density at radius 1 is 1.44 bits per heavy atom. The van der Waals surface area contributed by atoms with Gasteiger partial charge in [0, 0.05) is 17.5 Å². The molecule has 0 radical (unpaired) electrons. The van der Waals surface area contributed by atoms with Gasteiger partial charge in [-0.15, -0.1) is 0 Å². The number of carbonyl (C=O) groups is 1. The van der Waals surface area contributed by atoms with Crippen LogP contribution in [-0.2, 0) is 0 Å². The van der Waals surface area contributed by atoms with Crippen molar-refractivity contribution in [2.24, 2.45) is 0 Å². The Morgan fingerprint density at radius 3 is 2.81 bits per heavy atom. The number of rotatable bonds is 3. The number of carbonyl (C=O) groups excluding carboxylic acids is 1. The summed E-state index contributed by atoms with van der Waals surface area (Å²) in [7, 11) is 0. The molecule has 16 heavy (non-hydrogen) atoms. The summed E-state index contributed by atoms with van der Waals surface area (Å²) in [5.74, 6) is -0.558. The number of furan rings is 1. The van der Waals surface area contributed by atoms with Crippen molar-refractivity contribution in [3.05, 3.63) is 40.1 Å². The normalized spacial score (nSPS) is 10.6. The number of aliphatic hydroxyl groups is 1. The molecule has 0 aliphatic carbocycles. The molecule has 0 fully saturated rings. The highest BCUT2D eigenvalue weighted by Gasteiger charge is 2.13. The van der Waals surface area contributed by atoms with E-state index in [1.54, 1.807) is 0 Å². The fraction of sp³-hybridized carbons (Fsp3) is 0.100. The number of hydrogen-bond acceptors (Lipinski definition) is 5. The number of benzene rings is 1. The molecule has 0 aliphatic rings. The largest absolute Gasteiger partial charge is 0.453 e. The van der Waals surface area contributed by atoms with Crippen LogP contribution in [0.15, 0.2) is 28.7 Å². The summed E-state index contributed by atoms with van der Waals surface area (Å²) < 4.78 is 5.12. The number of hydrogen-bond donors (Lipinski definition) is 1. The van der Waals surface area contributed by atoms with E-state index >= 15 is 0 Å². The number of nitro groups is 1. The van der Waals surface area contributed by atoms with Crippen LogP contribution in [0.2, 0.25) is 0 Å². The highest BCUT2D eigenvalue weighted by atomic mass is 16.6. The third kappa shape index (κ3) is 1.66. The predicted octanol–water partition coefficient (Wildman–Crippen LogP) is 1.52. The van der Waals surface area contributed by atoms with Gasteiger partial charge < -0.3 is 9.52 Å². The van der Waals surface area contributed by atoms with Gasteiger partial charge >= 0.3 is 0 Å². The van der Waals surface area contributed by atoms with E-state index in [1.807, 2.05) is 0 Å². The van der Waals surface area contributed by atoms with Gasteiger partial charge in [-0.3, -0.25) is 14.9 Å².